The zero-order valence-electron chi connectivity index (χ0n) is 10.8. The summed E-state index contributed by atoms with van der Waals surface area (Å²) in [5.41, 5.74) is 0.818. The minimum Gasteiger partial charge on any atom is -0.466 e. The molecule has 0 aliphatic heterocycles. The van der Waals surface area contributed by atoms with Crippen LogP contribution in [-0.2, 0) is 9.53 Å². The molecule has 6 nitrogen and oxygen atoms in total. The molecule has 0 amide bonds. The van der Waals surface area contributed by atoms with Gasteiger partial charge < -0.3 is 4.74 Å². The Morgan fingerprint density at radius 1 is 1.40 bits per heavy atom. The van der Waals surface area contributed by atoms with Gasteiger partial charge in [-0.25, -0.2) is 0 Å². The molecule has 0 atom stereocenters. The predicted molar refractivity (Wildman–Crippen MR) is 76.1 cm³/mol. The van der Waals surface area contributed by atoms with Gasteiger partial charge in [-0.1, -0.05) is 23.4 Å². The summed E-state index contributed by atoms with van der Waals surface area (Å²) in [6.45, 7) is 2.18. The molecule has 0 unspecified atom stereocenters. The topological polar surface area (TPSA) is 69.9 Å². The lowest BCUT2D eigenvalue weighted by atomic mass is 10.3. The molecule has 0 saturated carbocycles. The number of thioether (sulfide) groups is 1. The van der Waals surface area contributed by atoms with E-state index in [1.165, 1.54) is 11.8 Å². The number of rotatable bonds is 6. The number of tetrazole rings is 1. The second-order valence-electron chi connectivity index (χ2n) is 3.75. The molecular weight excluding hydrogens is 300 g/mol. The Labute approximate surface area is 125 Å². The minimum atomic E-state index is -0.217. The largest absolute Gasteiger partial charge is 0.466 e. The maximum absolute atomic E-state index is 11.3. The molecule has 0 bridgehead atoms. The highest BCUT2D eigenvalue weighted by Crippen LogP contribution is 2.20. The van der Waals surface area contributed by atoms with Gasteiger partial charge >= 0.3 is 5.97 Å². The molecular formula is C12H13ClN4O2S. The van der Waals surface area contributed by atoms with E-state index in [2.05, 4.69) is 15.5 Å². The van der Waals surface area contributed by atoms with Crippen LogP contribution in [-0.4, -0.2) is 38.5 Å². The van der Waals surface area contributed by atoms with Gasteiger partial charge in [-0.2, -0.15) is 4.68 Å². The van der Waals surface area contributed by atoms with E-state index in [9.17, 15) is 4.79 Å². The first kappa shape index (κ1) is 14.8. The molecule has 0 aliphatic carbocycles. The Balaban J connectivity index is 1.98. The highest BCUT2D eigenvalue weighted by Gasteiger charge is 2.10. The highest BCUT2D eigenvalue weighted by molar-refractivity contribution is 7.99. The first-order chi connectivity index (χ1) is 9.70. The van der Waals surface area contributed by atoms with Crippen molar-refractivity contribution in [3.8, 4) is 5.69 Å². The van der Waals surface area contributed by atoms with Gasteiger partial charge in [-0.05, 0) is 41.6 Å². The van der Waals surface area contributed by atoms with Crippen molar-refractivity contribution in [1.29, 1.82) is 0 Å². The van der Waals surface area contributed by atoms with E-state index in [4.69, 9.17) is 16.3 Å². The number of aromatic nitrogens is 4. The zero-order valence-corrected chi connectivity index (χ0v) is 12.4. The van der Waals surface area contributed by atoms with Crippen molar-refractivity contribution in [1.82, 2.24) is 20.2 Å². The summed E-state index contributed by atoms with van der Waals surface area (Å²) in [5, 5.41) is 12.8. The molecule has 2 aromatic rings. The van der Waals surface area contributed by atoms with Crippen LogP contribution in [0.15, 0.2) is 29.4 Å². The number of carbonyl (C=O) groups is 1. The van der Waals surface area contributed by atoms with Gasteiger partial charge in [0.25, 0.3) is 0 Å². The Kier molecular flexibility index (Phi) is 5.37. The maximum Gasteiger partial charge on any atom is 0.306 e. The van der Waals surface area contributed by atoms with Crippen LogP contribution in [0.25, 0.3) is 5.69 Å². The average Bonchev–Trinajstić information content (AvgIpc) is 2.88. The first-order valence-electron chi connectivity index (χ1n) is 6.03. The molecule has 1 aromatic carbocycles. The molecule has 8 heteroatoms. The van der Waals surface area contributed by atoms with E-state index in [0.29, 0.717) is 29.0 Å². The lowest BCUT2D eigenvalue weighted by Gasteiger charge is -2.04. The number of ether oxygens (including phenoxy) is 1. The van der Waals surface area contributed by atoms with E-state index in [1.807, 2.05) is 12.1 Å². The van der Waals surface area contributed by atoms with Crippen LogP contribution in [0, 0.1) is 0 Å². The highest BCUT2D eigenvalue weighted by atomic mass is 35.5. The van der Waals surface area contributed by atoms with Crippen molar-refractivity contribution < 1.29 is 9.53 Å². The average molecular weight is 313 g/mol. The molecule has 0 spiro atoms. The molecule has 0 N–H and O–H groups in total. The van der Waals surface area contributed by atoms with Gasteiger partial charge in [-0.15, -0.1) is 5.10 Å². The van der Waals surface area contributed by atoms with Gasteiger partial charge in [0.2, 0.25) is 5.16 Å². The van der Waals surface area contributed by atoms with Crippen LogP contribution in [0.2, 0.25) is 5.02 Å². The number of esters is 1. The maximum atomic E-state index is 11.3. The fraction of sp³-hybridized carbons (Fsp3) is 0.333. The van der Waals surface area contributed by atoms with Crippen LogP contribution in [0.4, 0.5) is 0 Å². The van der Waals surface area contributed by atoms with Crippen LogP contribution in [0.3, 0.4) is 0 Å². The standard InChI is InChI=1S/C12H13ClN4O2S/c1-2-19-11(18)7-8-20-12-14-15-16-17(12)10-5-3-9(13)4-6-10/h3-6H,2,7-8H2,1H3. The van der Waals surface area contributed by atoms with Crippen LogP contribution >= 0.6 is 23.4 Å². The third-order valence-electron chi connectivity index (χ3n) is 2.35. The SMILES string of the molecule is CCOC(=O)CCSc1nnnn1-c1ccc(Cl)cc1. The summed E-state index contributed by atoms with van der Waals surface area (Å²) >= 11 is 7.24. The van der Waals surface area contributed by atoms with Gasteiger partial charge in [0.15, 0.2) is 0 Å². The summed E-state index contributed by atoms with van der Waals surface area (Å²) in [7, 11) is 0. The monoisotopic (exact) mass is 312 g/mol. The molecule has 1 aromatic heterocycles. The second kappa shape index (κ2) is 7.25. The smallest absolute Gasteiger partial charge is 0.306 e. The third kappa shape index (κ3) is 3.94. The third-order valence-corrected chi connectivity index (χ3v) is 3.53. The number of halogens is 1. The van der Waals surface area contributed by atoms with E-state index >= 15 is 0 Å². The van der Waals surface area contributed by atoms with Gasteiger partial charge in [0, 0.05) is 10.8 Å². The van der Waals surface area contributed by atoms with Crippen molar-refractivity contribution in [2.45, 2.75) is 18.5 Å². The minimum absolute atomic E-state index is 0.217. The second-order valence-corrected chi connectivity index (χ2v) is 5.25. The zero-order chi connectivity index (χ0) is 14.4. The number of nitrogens with zero attached hydrogens (tertiary/aromatic N) is 4. The fourth-order valence-electron chi connectivity index (χ4n) is 1.47. The van der Waals surface area contributed by atoms with Crippen molar-refractivity contribution in [3.05, 3.63) is 29.3 Å². The van der Waals surface area contributed by atoms with Crippen molar-refractivity contribution >= 4 is 29.3 Å². The summed E-state index contributed by atoms with van der Waals surface area (Å²) in [6.07, 6.45) is 0.325. The van der Waals surface area contributed by atoms with Crippen molar-refractivity contribution in [2.24, 2.45) is 0 Å². The van der Waals surface area contributed by atoms with Gasteiger partial charge in [-0.3, -0.25) is 4.79 Å². The Morgan fingerprint density at radius 3 is 2.85 bits per heavy atom. The Morgan fingerprint density at radius 2 is 2.15 bits per heavy atom. The van der Waals surface area contributed by atoms with Gasteiger partial charge in [0.05, 0.1) is 18.7 Å². The molecule has 0 radical (unpaired) electrons. The summed E-state index contributed by atoms with van der Waals surface area (Å²) in [6, 6.07) is 7.19. The van der Waals surface area contributed by atoms with Crippen LogP contribution in [0.1, 0.15) is 13.3 Å². The number of hydrogen-bond acceptors (Lipinski definition) is 6. The Bertz CT molecular complexity index is 573. The fourth-order valence-corrected chi connectivity index (χ4v) is 2.41. The molecule has 106 valence electrons. The lowest BCUT2D eigenvalue weighted by Crippen LogP contribution is -2.05. The molecule has 20 heavy (non-hydrogen) atoms. The van der Waals surface area contributed by atoms with Crippen molar-refractivity contribution in [3.63, 3.8) is 0 Å². The van der Waals surface area contributed by atoms with E-state index in [0.717, 1.165) is 5.69 Å². The summed E-state index contributed by atoms with van der Waals surface area (Å²) in [4.78, 5) is 11.3. The van der Waals surface area contributed by atoms with Crippen molar-refractivity contribution in [2.75, 3.05) is 12.4 Å². The number of benzene rings is 1. The summed E-state index contributed by atoms with van der Waals surface area (Å²) < 4.78 is 6.47. The van der Waals surface area contributed by atoms with E-state index in [1.54, 1.807) is 23.7 Å². The van der Waals surface area contributed by atoms with Gasteiger partial charge in [0.1, 0.15) is 0 Å². The normalized spacial score (nSPS) is 10.5. The molecule has 2 rings (SSSR count). The molecule has 0 aliphatic rings. The van der Waals surface area contributed by atoms with E-state index in [-0.39, 0.29) is 5.97 Å². The van der Waals surface area contributed by atoms with Crippen LogP contribution in [0.5, 0.6) is 0 Å². The Hall–Kier alpha value is -1.60. The van der Waals surface area contributed by atoms with Crippen LogP contribution < -0.4 is 0 Å². The number of carbonyl (C=O) groups excluding carboxylic acids is 1. The molecule has 0 fully saturated rings. The predicted octanol–water partition coefficient (Wildman–Crippen LogP) is 2.36. The molecule has 1 heterocycles. The van der Waals surface area contributed by atoms with E-state index < -0.39 is 0 Å². The summed E-state index contributed by atoms with van der Waals surface area (Å²) in [5.74, 6) is 0.345. The molecule has 0 saturated heterocycles. The number of hydrogen-bond donors (Lipinski definition) is 0. The first-order valence-corrected chi connectivity index (χ1v) is 7.40. The lowest BCUT2D eigenvalue weighted by molar-refractivity contribution is -0.142. The quantitative estimate of drug-likeness (QED) is 0.602.